The third-order valence-electron chi connectivity index (χ3n) is 1.62. The minimum absolute atomic E-state index is 0. The van der Waals surface area contributed by atoms with Crippen LogP contribution >= 0.6 is 0 Å². The Morgan fingerprint density at radius 1 is 1.38 bits per heavy atom. The van der Waals surface area contributed by atoms with Crippen LogP contribution in [-0.4, -0.2) is 17.1 Å². The number of hydrogen-bond acceptors (Lipinski definition) is 2. The zero-order valence-electron chi connectivity index (χ0n) is 7.01. The van der Waals surface area contributed by atoms with Crippen LogP contribution < -0.4 is 5.73 Å². The van der Waals surface area contributed by atoms with Gasteiger partial charge in [-0.1, -0.05) is 30.3 Å². The molecule has 0 saturated carbocycles. The number of carboxylic acid groups (broad SMARTS) is 1. The molecule has 1 aromatic rings. The second-order valence-electron chi connectivity index (χ2n) is 2.63. The molecule has 70 valence electrons. The molecule has 0 fully saturated rings. The van der Waals surface area contributed by atoms with Gasteiger partial charge in [0, 0.05) is 17.4 Å². The van der Waals surface area contributed by atoms with Gasteiger partial charge in [-0.2, -0.15) is 0 Å². The van der Waals surface area contributed by atoms with Crippen LogP contribution in [0.1, 0.15) is 5.56 Å². The summed E-state index contributed by atoms with van der Waals surface area (Å²) < 4.78 is 0. The van der Waals surface area contributed by atoms with Crippen molar-refractivity contribution < 1.29 is 27.3 Å². The summed E-state index contributed by atoms with van der Waals surface area (Å²) in [6, 6.07) is 8.54. The molecule has 1 aromatic carbocycles. The van der Waals surface area contributed by atoms with Gasteiger partial charge in [-0.15, -0.1) is 0 Å². The van der Waals surface area contributed by atoms with Crippen molar-refractivity contribution in [2.45, 2.75) is 12.5 Å². The van der Waals surface area contributed by atoms with Gasteiger partial charge in [0.25, 0.3) is 0 Å². The number of carboxylic acids is 1. The van der Waals surface area contributed by atoms with Crippen molar-refractivity contribution >= 4 is 5.97 Å². The Bertz CT molecular complexity index is 264. The van der Waals surface area contributed by atoms with E-state index in [1.165, 1.54) is 0 Å². The predicted octanol–water partition coefficient (Wildman–Crippen LogP) is 0.639. The maximum absolute atomic E-state index is 10.4. The number of benzene rings is 1. The first-order valence-electron chi connectivity index (χ1n) is 3.72. The average Bonchev–Trinajstić information content (AvgIpc) is 2.06. The molecule has 13 heavy (non-hydrogen) atoms. The number of rotatable bonds is 3. The van der Waals surface area contributed by atoms with Crippen LogP contribution in [0.25, 0.3) is 0 Å². The minimum Gasteiger partial charge on any atom is -0.480 e. The summed E-state index contributed by atoms with van der Waals surface area (Å²) in [6.07, 6.45) is 0.385. The summed E-state index contributed by atoms with van der Waals surface area (Å²) >= 11 is 0. The second kappa shape index (κ2) is 5.76. The fourth-order valence-corrected chi connectivity index (χ4v) is 0.955. The Kier molecular flexibility index (Phi) is 5.40. The molecule has 0 aromatic heterocycles. The molecule has 0 saturated heterocycles. The van der Waals surface area contributed by atoms with E-state index in [2.05, 4.69) is 0 Å². The zero-order chi connectivity index (χ0) is 8.97. The fraction of sp³-hybridized carbons (Fsp3) is 0.222. The zero-order valence-corrected chi connectivity index (χ0v) is 8.29. The first-order valence-corrected chi connectivity index (χ1v) is 3.72. The molecule has 0 heterocycles. The molecule has 0 amide bonds. The molecule has 0 bridgehead atoms. The molecule has 3 nitrogen and oxygen atoms in total. The van der Waals surface area contributed by atoms with Crippen molar-refractivity contribution in [2.75, 3.05) is 0 Å². The van der Waals surface area contributed by atoms with Crippen LogP contribution in [0.2, 0.25) is 0 Å². The maximum Gasteiger partial charge on any atom is 0.320 e. The van der Waals surface area contributed by atoms with Gasteiger partial charge in [0.05, 0.1) is 0 Å². The monoisotopic (exact) mass is 217 g/mol. The minimum atomic E-state index is -0.959. The van der Waals surface area contributed by atoms with Crippen LogP contribution in [0.5, 0.6) is 0 Å². The molecule has 4 heteroatoms. The van der Waals surface area contributed by atoms with Crippen LogP contribution in [-0.2, 0) is 28.6 Å². The summed E-state index contributed by atoms with van der Waals surface area (Å²) in [7, 11) is 0. The molecular formula is C9H11CrNO2. The van der Waals surface area contributed by atoms with E-state index in [1.54, 1.807) is 0 Å². The predicted molar refractivity (Wildman–Crippen MR) is 45.8 cm³/mol. The topological polar surface area (TPSA) is 63.3 Å². The fourth-order valence-electron chi connectivity index (χ4n) is 0.955. The van der Waals surface area contributed by atoms with E-state index in [-0.39, 0.29) is 17.4 Å². The number of carbonyl (C=O) groups is 1. The molecule has 0 radical (unpaired) electrons. The quantitative estimate of drug-likeness (QED) is 0.780. The molecule has 0 spiro atoms. The maximum atomic E-state index is 10.4. The molecule has 0 unspecified atom stereocenters. The van der Waals surface area contributed by atoms with Crippen molar-refractivity contribution in [3.63, 3.8) is 0 Å². The normalized spacial score (nSPS) is 11.5. The molecule has 3 N–H and O–H groups in total. The van der Waals surface area contributed by atoms with Crippen molar-refractivity contribution in [1.29, 1.82) is 0 Å². The van der Waals surface area contributed by atoms with Crippen molar-refractivity contribution in [2.24, 2.45) is 5.73 Å². The first kappa shape index (κ1) is 12.2. The van der Waals surface area contributed by atoms with E-state index in [1.807, 2.05) is 30.3 Å². The van der Waals surface area contributed by atoms with Crippen LogP contribution in [0, 0.1) is 0 Å². The van der Waals surface area contributed by atoms with E-state index in [0.29, 0.717) is 6.42 Å². The summed E-state index contributed by atoms with van der Waals surface area (Å²) in [5, 5.41) is 8.52. The third-order valence-corrected chi connectivity index (χ3v) is 1.62. The second-order valence-corrected chi connectivity index (χ2v) is 2.63. The molecule has 1 atom stereocenters. The van der Waals surface area contributed by atoms with E-state index < -0.39 is 12.0 Å². The van der Waals surface area contributed by atoms with Crippen molar-refractivity contribution in [3.05, 3.63) is 35.9 Å². The SMILES string of the molecule is N[C@@H](Cc1ccccc1)C(=O)O.[Cr]. The van der Waals surface area contributed by atoms with Gasteiger partial charge in [0.1, 0.15) is 6.04 Å². The van der Waals surface area contributed by atoms with Crippen LogP contribution in [0.4, 0.5) is 0 Å². The molecule has 0 aliphatic rings. The Balaban J connectivity index is 0.00000144. The summed E-state index contributed by atoms with van der Waals surface area (Å²) in [5.74, 6) is -0.959. The van der Waals surface area contributed by atoms with E-state index in [0.717, 1.165) is 5.56 Å². The Labute approximate surface area is 87.7 Å². The largest absolute Gasteiger partial charge is 0.480 e. The number of aliphatic carboxylic acids is 1. The van der Waals surface area contributed by atoms with Crippen LogP contribution in [0.15, 0.2) is 30.3 Å². The Morgan fingerprint density at radius 2 is 1.92 bits per heavy atom. The van der Waals surface area contributed by atoms with Crippen molar-refractivity contribution in [3.8, 4) is 0 Å². The first-order chi connectivity index (χ1) is 5.70. The van der Waals surface area contributed by atoms with Gasteiger partial charge in [0.2, 0.25) is 0 Å². The molecule has 0 aliphatic heterocycles. The summed E-state index contributed by atoms with van der Waals surface area (Å²) in [4.78, 5) is 10.4. The van der Waals surface area contributed by atoms with E-state index in [4.69, 9.17) is 10.8 Å². The van der Waals surface area contributed by atoms with E-state index >= 15 is 0 Å². The smallest absolute Gasteiger partial charge is 0.320 e. The van der Waals surface area contributed by atoms with Gasteiger partial charge in [-0.3, -0.25) is 4.79 Å². The van der Waals surface area contributed by atoms with Crippen molar-refractivity contribution in [1.82, 2.24) is 0 Å². The molecular weight excluding hydrogens is 206 g/mol. The van der Waals surface area contributed by atoms with E-state index in [9.17, 15) is 4.79 Å². The van der Waals surface area contributed by atoms with Gasteiger partial charge in [-0.05, 0) is 12.0 Å². The van der Waals surface area contributed by atoms with Gasteiger partial charge >= 0.3 is 5.97 Å². The standard InChI is InChI=1S/C9H11NO2.Cr/c10-8(9(11)12)6-7-4-2-1-3-5-7;/h1-5,8H,6,10H2,(H,11,12);/t8-;/m0./s1. The van der Waals surface area contributed by atoms with Crippen LogP contribution in [0.3, 0.4) is 0 Å². The van der Waals surface area contributed by atoms with Gasteiger partial charge < -0.3 is 10.8 Å². The number of nitrogens with two attached hydrogens (primary N) is 1. The van der Waals surface area contributed by atoms with Gasteiger partial charge in [0.15, 0.2) is 0 Å². The Hall–Kier alpha value is -0.818. The average molecular weight is 217 g/mol. The molecule has 0 aliphatic carbocycles. The third kappa shape index (κ3) is 4.09. The summed E-state index contributed by atoms with van der Waals surface area (Å²) in [6.45, 7) is 0. The van der Waals surface area contributed by atoms with Gasteiger partial charge in [-0.25, -0.2) is 0 Å². The Morgan fingerprint density at radius 3 is 2.38 bits per heavy atom. The molecule has 1 rings (SSSR count). The summed E-state index contributed by atoms with van der Waals surface area (Å²) in [5.41, 5.74) is 6.30. The number of hydrogen-bond donors (Lipinski definition) is 2.